The Morgan fingerprint density at radius 3 is 2.61 bits per heavy atom. The van der Waals surface area contributed by atoms with E-state index in [0.29, 0.717) is 6.61 Å². The van der Waals surface area contributed by atoms with Crippen LogP contribution in [0.1, 0.15) is 25.3 Å². The van der Waals surface area contributed by atoms with Crippen molar-refractivity contribution in [2.24, 2.45) is 0 Å². The lowest BCUT2D eigenvalue weighted by Gasteiger charge is -2.28. The highest BCUT2D eigenvalue weighted by atomic mass is 79.9. The summed E-state index contributed by atoms with van der Waals surface area (Å²) in [5.41, 5.74) is 1.06. The van der Waals surface area contributed by atoms with E-state index < -0.39 is 5.79 Å². The molecule has 0 amide bonds. The highest BCUT2D eigenvalue weighted by Gasteiger charge is 2.41. The van der Waals surface area contributed by atoms with Gasteiger partial charge in [-0.15, -0.1) is 0 Å². The van der Waals surface area contributed by atoms with Crippen molar-refractivity contribution in [1.29, 1.82) is 0 Å². The zero-order valence-corrected chi connectivity index (χ0v) is 12.4. The summed E-state index contributed by atoms with van der Waals surface area (Å²) in [6.45, 7) is 2.69. The minimum absolute atomic E-state index is 0.141. The van der Waals surface area contributed by atoms with E-state index in [-0.39, 0.29) is 6.10 Å². The van der Waals surface area contributed by atoms with Crippen LogP contribution in [-0.4, -0.2) is 25.2 Å². The fourth-order valence-corrected chi connectivity index (χ4v) is 2.50. The number of rotatable bonds is 5. The molecule has 0 bridgehead atoms. The van der Waals surface area contributed by atoms with Gasteiger partial charge < -0.3 is 14.2 Å². The SMILES string of the molecule is COc1ccc(C2(CCCBr)OCC(C)O2)cc1. The Morgan fingerprint density at radius 2 is 2.11 bits per heavy atom. The van der Waals surface area contributed by atoms with Gasteiger partial charge in [0, 0.05) is 17.3 Å². The van der Waals surface area contributed by atoms with E-state index in [9.17, 15) is 0 Å². The Morgan fingerprint density at radius 1 is 1.39 bits per heavy atom. The van der Waals surface area contributed by atoms with Gasteiger partial charge in [0.2, 0.25) is 0 Å². The van der Waals surface area contributed by atoms with Gasteiger partial charge in [0.05, 0.1) is 19.8 Å². The number of hydrogen-bond donors (Lipinski definition) is 0. The Bertz CT molecular complexity index is 379. The van der Waals surface area contributed by atoms with Crippen LogP contribution < -0.4 is 4.74 Å². The molecule has 2 rings (SSSR count). The predicted octanol–water partition coefficient (Wildman–Crippen LogP) is 3.46. The van der Waals surface area contributed by atoms with Crippen molar-refractivity contribution in [3.63, 3.8) is 0 Å². The average molecular weight is 315 g/mol. The highest BCUT2D eigenvalue weighted by Crippen LogP contribution is 2.39. The van der Waals surface area contributed by atoms with Crippen LogP contribution in [-0.2, 0) is 15.3 Å². The second-order valence-electron chi connectivity index (χ2n) is 4.51. The summed E-state index contributed by atoms with van der Waals surface area (Å²) in [5.74, 6) is 0.264. The van der Waals surface area contributed by atoms with E-state index in [0.717, 1.165) is 29.5 Å². The molecule has 0 saturated carbocycles. The summed E-state index contributed by atoms with van der Waals surface area (Å²) >= 11 is 3.46. The van der Waals surface area contributed by atoms with E-state index in [1.54, 1.807) is 7.11 Å². The van der Waals surface area contributed by atoms with Crippen LogP contribution in [0, 0.1) is 0 Å². The molecular formula is C14H19BrO3. The van der Waals surface area contributed by atoms with Crippen LogP contribution in [0.3, 0.4) is 0 Å². The standard InChI is InChI=1S/C14H19BrO3/c1-11-10-17-14(18-11,8-3-9-15)12-4-6-13(16-2)7-5-12/h4-7,11H,3,8-10H2,1-2H3. The molecule has 0 radical (unpaired) electrons. The van der Waals surface area contributed by atoms with E-state index in [4.69, 9.17) is 14.2 Å². The minimum Gasteiger partial charge on any atom is -0.497 e. The first-order chi connectivity index (χ1) is 8.70. The highest BCUT2D eigenvalue weighted by molar-refractivity contribution is 9.09. The molecule has 1 fully saturated rings. The number of hydrogen-bond acceptors (Lipinski definition) is 3. The zero-order valence-electron chi connectivity index (χ0n) is 10.8. The van der Waals surface area contributed by atoms with Gasteiger partial charge in [-0.2, -0.15) is 0 Å². The number of alkyl halides is 1. The van der Waals surface area contributed by atoms with Gasteiger partial charge in [-0.25, -0.2) is 0 Å². The van der Waals surface area contributed by atoms with Gasteiger partial charge in [-0.1, -0.05) is 15.9 Å². The normalized spacial score (nSPS) is 27.4. The monoisotopic (exact) mass is 314 g/mol. The van der Waals surface area contributed by atoms with Gasteiger partial charge in [0.25, 0.3) is 0 Å². The fourth-order valence-electron chi connectivity index (χ4n) is 2.22. The van der Waals surface area contributed by atoms with E-state index in [2.05, 4.69) is 15.9 Å². The quantitative estimate of drug-likeness (QED) is 0.779. The second kappa shape index (κ2) is 6.04. The molecule has 0 aromatic heterocycles. The van der Waals surface area contributed by atoms with Crippen LogP contribution in [0.25, 0.3) is 0 Å². The Kier molecular flexibility index (Phi) is 4.65. The largest absolute Gasteiger partial charge is 0.497 e. The van der Waals surface area contributed by atoms with Crippen LogP contribution >= 0.6 is 15.9 Å². The van der Waals surface area contributed by atoms with Gasteiger partial charge in [-0.05, 0) is 37.6 Å². The van der Waals surface area contributed by atoms with Crippen molar-refractivity contribution < 1.29 is 14.2 Å². The maximum atomic E-state index is 6.03. The van der Waals surface area contributed by atoms with Crippen LogP contribution in [0.5, 0.6) is 5.75 Å². The fraction of sp³-hybridized carbons (Fsp3) is 0.571. The van der Waals surface area contributed by atoms with E-state index >= 15 is 0 Å². The molecule has 0 N–H and O–H groups in total. The van der Waals surface area contributed by atoms with Gasteiger partial charge in [0.1, 0.15) is 5.75 Å². The molecule has 0 spiro atoms. The van der Waals surface area contributed by atoms with Crippen LogP contribution in [0.15, 0.2) is 24.3 Å². The zero-order chi connectivity index (χ0) is 13.0. The molecule has 3 nitrogen and oxygen atoms in total. The number of halogens is 1. The molecular weight excluding hydrogens is 296 g/mol. The summed E-state index contributed by atoms with van der Waals surface area (Å²) in [6, 6.07) is 7.93. The van der Waals surface area contributed by atoms with E-state index in [1.807, 2.05) is 31.2 Å². The molecule has 1 saturated heterocycles. The van der Waals surface area contributed by atoms with Crippen molar-refractivity contribution in [3.05, 3.63) is 29.8 Å². The maximum Gasteiger partial charge on any atom is 0.195 e. The van der Waals surface area contributed by atoms with Crippen molar-refractivity contribution in [1.82, 2.24) is 0 Å². The van der Waals surface area contributed by atoms with Gasteiger partial charge in [0.15, 0.2) is 5.79 Å². The van der Waals surface area contributed by atoms with Crippen molar-refractivity contribution in [2.75, 3.05) is 19.0 Å². The second-order valence-corrected chi connectivity index (χ2v) is 5.31. The van der Waals surface area contributed by atoms with Crippen molar-refractivity contribution in [2.45, 2.75) is 31.7 Å². The molecule has 2 unspecified atom stereocenters. The number of ether oxygens (including phenoxy) is 3. The summed E-state index contributed by atoms with van der Waals surface area (Å²) in [6.07, 6.45) is 2.01. The molecule has 2 atom stereocenters. The first-order valence-electron chi connectivity index (χ1n) is 6.22. The summed E-state index contributed by atoms with van der Waals surface area (Å²) in [4.78, 5) is 0. The molecule has 100 valence electrons. The van der Waals surface area contributed by atoms with Crippen LogP contribution in [0.4, 0.5) is 0 Å². The average Bonchev–Trinajstić information content (AvgIpc) is 2.79. The molecule has 1 aromatic rings. The smallest absolute Gasteiger partial charge is 0.195 e. The molecule has 18 heavy (non-hydrogen) atoms. The lowest BCUT2D eigenvalue weighted by molar-refractivity contribution is -0.180. The lowest BCUT2D eigenvalue weighted by atomic mass is 10.0. The molecule has 4 heteroatoms. The van der Waals surface area contributed by atoms with Crippen molar-refractivity contribution in [3.8, 4) is 5.75 Å². The maximum absolute atomic E-state index is 6.03. The third-order valence-electron chi connectivity index (χ3n) is 3.11. The Hall–Kier alpha value is -0.580. The molecule has 0 aliphatic carbocycles. The first-order valence-corrected chi connectivity index (χ1v) is 7.34. The van der Waals surface area contributed by atoms with Gasteiger partial charge in [-0.3, -0.25) is 0 Å². The van der Waals surface area contributed by atoms with Crippen LogP contribution in [0.2, 0.25) is 0 Å². The molecule has 1 aromatic carbocycles. The lowest BCUT2D eigenvalue weighted by Crippen LogP contribution is -2.28. The third-order valence-corrected chi connectivity index (χ3v) is 3.67. The molecule has 1 heterocycles. The molecule has 1 aliphatic heterocycles. The topological polar surface area (TPSA) is 27.7 Å². The van der Waals surface area contributed by atoms with Crippen molar-refractivity contribution >= 4 is 15.9 Å². The molecule has 1 aliphatic rings. The summed E-state index contributed by atoms with van der Waals surface area (Å²) in [5, 5.41) is 0.950. The minimum atomic E-state index is -0.584. The predicted molar refractivity (Wildman–Crippen MR) is 74.2 cm³/mol. The summed E-state index contributed by atoms with van der Waals surface area (Å²) in [7, 11) is 1.67. The third kappa shape index (κ3) is 2.87. The Labute approximate surface area is 117 Å². The van der Waals surface area contributed by atoms with Gasteiger partial charge >= 0.3 is 0 Å². The number of benzene rings is 1. The van der Waals surface area contributed by atoms with E-state index in [1.165, 1.54) is 0 Å². The Balaban J connectivity index is 2.22. The number of methoxy groups -OCH3 is 1. The summed E-state index contributed by atoms with van der Waals surface area (Å²) < 4.78 is 17.1. The first kappa shape index (κ1) is 13.8.